The van der Waals surface area contributed by atoms with Crippen molar-refractivity contribution in [3.8, 4) is 17.0 Å². The lowest BCUT2D eigenvalue weighted by Crippen LogP contribution is -2.32. The summed E-state index contributed by atoms with van der Waals surface area (Å²) in [5, 5.41) is 4.55. The number of nitrogens with one attached hydrogen (secondary N) is 1. The number of methoxy groups -OCH3 is 1. The van der Waals surface area contributed by atoms with Gasteiger partial charge in [0.1, 0.15) is 17.3 Å². The van der Waals surface area contributed by atoms with E-state index in [1.54, 1.807) is 18.2 Å². The quantitative estimate of drug-likeness (QED) is 0.410. The van der Waals surface area contributed by atoms with Crippen LogP contribution in [0.4, 0.5) is 4.39 Å². The van der Waals surface area contributed by atoms with Gasteiger partial charge in [0.25, 0.3) is 15.9 Å². The lowest BCUT2D eigenvalue weighted by Gasteiger charge is -2.13. The standard InChI is InChI=1S/C26H24FN3O4S/c1-17-8-7-9-18(2)22(17)16-30-24(26(31)29-35(32,33)20-10-5-4-6-11-20)15-23(28-30)21-14-19(27)12-13-25(21)34-3/h4-15H,16H2,1-3H3,(H,29,31). The molecule has 1 N–H and O–H groups in total. The molecule has 0 fully saturated rings. The van der Waals surface area contributed by atoms with Gasteiger partial charge in [0.2, 0.25) is 0 Å². The van der Waals surface area contributed by atoms with E-state index in [2.05, 4.69) is 9.82 Å². The third-order valence-electron chi connectivity index (χ3n) is 5.68. The molecule has 4 rings (SSSR count). The highest BCUT2D eigenvalue weighted by molar-refractivity contribution is 7.90. The van der Waals surface area contributed by atoms with E-state index in [0.717, 1.165) is 16.7 Å². The number of nitrogens with zero attached hydrogens (tertiary/aromatic N) is 2. The Labute approximate surface area is 203 Å². The molecule has 0 spiro atoms. The first kappa shape index (κ1) is 24.2. The summed E-state index contributed by atoms with van der Waals surface area (Å²) in [6.45, 7) is 4.11. The zero-order chi connectivity index (χ0) is 25.2. The zero-order valence-corrected chi connectivity index (χ0v) is 20.3. The van der Waals surface area contributed by atoms with E-state index in [9.17, 15) is 17.6 Å². The Morgan fingerprint density at radius 3 is 2.34 bits per heavy atom. The summed E-state index contributed by atoms with van der Waals surface area (Å²) in [4.78, 5) is 13.2. The molecule has 4 aromatic rings. The van der Waals surface area contributed by atoms with Gasteiger partial charge in [-0.3, -0.25) is 9.48 Å². The molecule has 0 aliphatic rings. The van der Waals surface area contributed by atoms with Gasteiger partial charge in [-0.25, -0.2) is 17.5 Å². The van der Waals surface area contributed by atoms with Crippen LogP contribution < -0.4 is 9.46 Å². The van der Waals surface area contributed by atoms with E-state index < -0.39 is 21.7 Å². The van der Waals surface area contributed by atoms with E-state index in [1.165, 1.54) is 48.2 Å². The fourth-order valence-corrected chi connectivity index (χ4v) is 4.80. The molecule has 9 heteroatoms. The van der Waals surface area contributed by atoms with Crippen molar-refractivity contribution in [2.45, 2.75) is 25.3 Å². The van der Waals surface area contributed by atoms with Gasteiger partial charge in [-0.2, -0.15) is 5.10 Å². The SMILES string of the molecule is COc1ccc(F)cc1-c1cc(C(=O)NS(=O)(=O)c2ccccc2)n(Cc2c(C)cccc2C)n1. The van der Waals surface area contributed by atoms with Gasteiger partial charge in [0, 0.05) is 5.56 Å². The first-order chi connectivity index (χ1) is 16.7. The van der Waals surface area contributed by atoms with Crippen molar-refractivity contribution in [3.63, 3.8) is 0 Å². The number of ether oxygens (including phenoxy) is 1. The van der Waals surface area contributed by atoms with E-state index in [1.807, 2.05) is 32.0 Å². The Morgan fingerprint density at radius 1 is 1.00 bits per heavy atom. The van der Waals surface area contributed by atoms with Gasteiger partial charge in [0.05, 0.1) is 24.2 Å². The molecule has 0 atom stereocenters. The van der Waals surface area contributed by atoms with E-state index in [-0.39, 0.29) is 22.8 Å². The smallest absolute Gasteiger partial charge is 0.283 e. The molecule has 1 heterocycles. The number of carbonyl (C=O) groups excluding carboxylic acids is 1. The predicted molar refractivity (Wildman–Crippen MR) is 130 cm³/mol. The van der Waals surface area contributed by atoms with E-state index in [4.69, 9.17) is 4.74 Å². The summed E-state index contributed by atoms with van der Waals surface area (Å²) < 4.78 is 48.5. The first-order valence-corrected chi connectivity index (χ1v) is 12.3. The second-order valence-electron chi connectivity index (χ2n) is 8.04. The van der Waals surface area contributed by atoms with Gasteiger partial charge in [-0.1, -0.05) is 36.4 Å². The van der Waals surface area contributed by atoms with Crippen LogP contribution in [0.5, 0.6) is 5.75 Å². The molecule has 0 saturated heterocycles. The van der Waals surface area contributed by atoms with Crippen LogP contribution in [0, 0.1) is 19.7 Å². The second kappa shape index (κ2) is 9.71. The molecule has 0 aliphatic carbocycles. The average Bonchev–Trinajstić information content (AvgIpc) is 3.26. The number of hydrogen-bond acceptors (Lipinski definition) is 5. The summed E-state index contributed by atoms with van der Waals surface area (Å²) in [7, 11) is -2.66. The predicted octanol–water partition coefficient (Wildman–Crippen LogP) is 4.48. The highest BCUT2D eigenvalue weighted by atomic mass is 32.2. The molecule has 0 bridgehead atoms. The fraction of sp³-hybridized carbons (Fsp3) is 0.154. The van der Waals surface area contributed by atoms with Crippen LogP contribution in [-0.2, 0) is 16.6 Å². The zero-order valence-electron chi connectivity index (χ0n) is 19.4. The molecule has 0 saturated carbocycles. The maximum Gasteiger partial charge on any atom is 0.283 e. The van der Waals surface area contributed by atoms with Crippen LogP contribution >= 0.6 is 0 Å². The molecule has 0 aliphatic heterocycles. The minimum Gasteiger partial charge on any atom is -0.496 e. The van der Waals surface area contributed by atoms with Crippen LogP contribution in [0.2, 0.25) is 0 Å². The molecule has 7 nitrogen and oxygen atoms in total. The monoisotopic (exact) mass is 493 g/mol. The molecule has 35 heavy (non-hydrogen) atoms. The molecular weight excluding hydrogens is 469 g/mol. The average molecular weight is 494 g/mol. The third kappa shape index (κ3) is 5.09. The molecule has 180 valence electrons. The summed E-state index contributed by atoms with van der Waals surface area (Å²) in [6.07, 6.45) is 0. The van der Waals surface area contributed by atoms with Gasteiger partial charge in [-0.05, 0) is 66.9 Å². The van der Waals surface area contributed by atoms with Crippen molar-refractivity contribution < 1.29 is 22.3 Å². The van der Waals surface area contributed by atoms with Crippen LogP contribution in [0.15, 0.2) is 77.7 Å². The number of halogens is 1. The number of rotatable bonds is 7. The van der Waals surface area contributed by atoms with Crippen molar-refractivity contribution in [1.82, 2.24) is 14.5 Å². The Bertz CT molecular complexity index is 1480. The van der Waals surface area contributed by atoms with Crippen LogP contribution in [-0.4, -0.2) is 31.2 Å². The number of carbonyl (C=O) groups is 1. The number of hydrogen-bond donors (Lipinski definition) is 1. The van der Waals surface area contributed by atoms with Crippen molar-refractivity contribution >= 4 is 15.9 Å². The maximum absolute atomic E-state index is 14.0. The Morgan fingerprint density at radius 2 is 1.69 bits per heavy atom. The number of aryl methyl sites for hydroxylation is 2. The largest absolute Gasteiger partial charge is 0.496 e. The highest BCUT2D eigenvalue weighted by Gasteiger charge is 2.24. The molecule has 1 amide bonds. The van der Waals surface area contributed by atoms with Crippen molar-refractivity contribution in [2.24, 2.45) is 0 Å². The maximum atomic E-state index is 14.0. The fourth-order valence-electron chi connectivity index (χ4n) is 3.81. The molecular formula is C26H24FN3O4S. The van der Waals surface area contributed by atoms with Crippen LogP contribution in [0.1, 0.15) is 27.2 Å². The lowest BCUT2D eigenvalue weighted by atomic mass is 10.0. The van der Waals surface area contributed by atoms with E-state index >= 15 is 0 Å². The normalized spacial score (nSPS) is 11.3. The number of amides is 1. The van der Waals surface area contributed by atoms with Crippen molar-refractivity contribution in [3.05, 3.63) is 101 Å². The van der Waals surface area contributed by atoms with Gasteiger partial charge in [0.15, 0.2) is 0 Å². The summed E-state index contributed by atoms with van der Waals surface area (Å²) in [5.74, 6) is -0.982. The summed E-state index contributed by atoms with van der Waals surface area (Å²) >= 11 is 0. The molecule has 3 aromatic carbocycles. The van der Waals surface area contributed by atoms with Gasteiger partial charge in [-0.15, -0.1) is 0 Å². The molecule has 0 unspecified atom stereocenters. The van der Waals surface area contributed by atoms with Crippen LogP contribution in [0.25, 0.3) is 11.3 Å². The molecule has 1 aromatic heterocycles. The van der Waals surface area contributed by atoms with Crippen molar-refractivity contribution in [2.75, 3.05) is 7.11 Å². The lowest BCUT2D eigenvalue weighted by molar-refractivity contribution is 0.0971. The minimum absolute atomic E-state index is 0.00785. The third-order valence-corrected chi connectivity index (χ3v) is 7.03. The topological polar surface area (TPSA) is 90.3 Å². The second-order valence-corrected chi connectivity index (χ2v) is 9.72. The summed E-state index contributed by atoms with van der Waals surface area (Å²) in [5.41, 5.74) is 3.55. The summed E-state index contributed by atoms with van der Waals surface area (Å²) in [6, 6.07) is 18.8. The Hall–Kier alpha value is -3.98. The van der Waals surface area contributed by atoms with Gasteiger partial charge < -0.3 is 4.74 Å². The minimum atomic E-state index is -4.11. The number of benzene rings is 3. The number of sulfonamides is 1. The van der Waals surface area contributed by atoms with Gasteiger partial charge >= 0.3 is 0 Å². The first-order valence-electron chi connectivity index (χ1n) is 10.8. The molecule has 0 radical (unpaired) electrons. The van der Waals surface area contributed by atoms with E-state index in [0.29, 0.717) is 11.3 Å². The highest BCUT2D eigenvalue weighted by Crippen LogP contribution is 2.31. The Balaban J connectivity index is 1.80. The number of aromatic nitrogens is 2. The van der Waals surface area contributed by atoms with Crippen molar-refractivity contribution in [1.29, 1.82) is 0 Å². The Kier molecular flexibility index (Phi) is 6.70. The van der Waals surface area contributed by atoms with Crippen LogP contribution in [0.3, 0.4) is 0 Å².